The molecule has 19 heavy (non-hydrogen) atoms. The van der Waals surface area contributed by atoms with E-state index in [1.165, 1.54) is 6.20 Å². The van der Waals surface area contributed by atoms with Crippen LogP contribution in [0.1, 0.15) is 11.9 Å². The van der Waals surface area contributed by atoms with E-state index in [0.29, 0.717) is 0 Å². The summed E-state index contributed by atoms with van der Waals surface area (Å²) in [7, 11) is 3.94. The van der Waals surface area contributed by atoms with Crippen molar-refractivity contribution in [2.45, 2.75) is 6.10 Å². The molecular formula is C13H17N3O3. The van der Waals surface area contributed by atoms with Crippen molar-refractivity contribution in [3.63, 3.8) is 0 Å². The van der Waals surface area contributed by atoms with E-state index in [0.717, 1.165) is 11.4 Å². The summed E-state index contributed by atoms with van der Waals surface area (Å²) in [4.78, 5) is 15.2. The second-order valence-corrected chi connectivity index (χ2v) is 4.42. The van der Waals surface area contributed by atoms with Gasteiger partial charge in [-0.15, -0.1) is 0 Å². The summed E-state index contributed by atoms with van der Waals surface area (Å²) in [5.41, 5.74) is 1.99. The maximum absolute atomic E-state index is 10.8. The maximum Gasteiger partial charge on any atom is 0.416 e. The number of rotatable bonds is 5. The number of aromatic amines is 1. The largest absolute Gasteiger partial charge is 0.416 e. The number of aliphatic hydroxyl groups excluding tert-OH is 1. The van der Waals surface area contributed by atoms with Gasteiger partial charge >= 0.3 is 5.76 Å². The van der Waals surface area contributed by atoms with E-state index in [1.807, 2.05) is 43.3 Å². The van der Waals surface area contributed by atoms with Gasteiger partial charge in [-0.2, -0.15) is 0 Å². The van der Waals surface area contributed by atoms with Gasteiger partial charge in [-0.1, -0.05) is 0 Å². The molecule has 1 aromatic heterocycles. The van der Waals surface area contributed by atoms with Crippen LogP contribution in [0, 0.1) is 0 Å². The van der Waals surface area contributed by atoms with Gasteiger partial charge in [0.1, 0.15) is 6.10 Å². The van der Waals surface area contributed by atoms with E-state index in [1.54, 1.807) is 0 Å². The van der Waals surface area contributed by atoms with Crippen molar-refractivity contribution in [3.05, 3.63) is 46.8 Å². The normalized spacial score (nSPS) is 12.2. The molecular weight excluding hydrogens is 246 g/mol. The third-order valence-corrected chi connectivity index (χ3v) is 2.75. The second-order valence-electron chi connectivity index (χ2n) is 4.42. The van der Waals surface area contributed by atoms with Crippen LogP contribution in [0.15, 0.2) is 39.7 Å². The minimum Gasteiger partial charge on any atom is -0.410 e. The van der Waals surface area contributed by atoms with E-state index in [-0.39, 0.29) is 12.3 Å². The number of oxazole rings is 1. The fourth-order valence-electron chi connectivity index (χ4n) is 1.65. The molecule has 0 saturated heterocycles. The highest BCUT2D eigenvalue weighted by Crippen LogP contribution is 2.17. The van der Waals surface area contributed by atoms with Gasteiger partial charge in [-0.3, -0.25) is 4.98 Å². The molecule has 0 fully saturated rings. The molecule has 0 radical (unpaired) electrons. The Morgan fingerprint density at radius 1 is 1.37 bits per heavy atom. The van der Waals surface area contributed by atoms with Crippen LogP contribution < -0.4 is 16.0 Å². The number of benzene rings is 1. The van der Waals surface area contributed by atoms with Crippen LogP contribution in [0.25, 0.3) is 0 Å². The summed E-state index contributed by atoms with van der Waals surface area (Å²) in [5.74, 6) is -0.341. The van der Waals surface area contributed by atoms with E-state index in [2.05, 4.69) is 10.3 Å². The number of aromatic nitrogens is 1. The summed E-state index contributed by atoms with van der Waals surface area (Å²) in [6.07, 6.45) is 0.497. The molecule has 0 bridgehead atoms. The van der Waals surface area contributed by atoms with E-state index < -0.39 is 11.9 Å². The van der Waals surface area contributed by atoms with Gasteiger partial charge in [0.2, 0.25) is 0 Å². The maximum atomic E-state index is 10.8. The molecule has 0 saturated carbocycles. The Bertz CT molecular complexity index is 571. The Labute approximate surface area is 110 Å². The smallest absolute Gasteiger partial charge is 0.410 e. The summed E-state index contributed by atoms with van der Waals surface area (Å²) in [6.45, 7) is 0.266. The Kier molecular flexibility index (Phi) is 3.91. The van der Waals surface area contributed by atoms with E-state index in [9.17, 15) is 9.90 Å². The van der Waals surface area contributed by atoms with Crippen molar-refractivity contribution in [2.24, 2.45) is 0 Å². The molecule has 3 N–H and O–H groups in total. The second kappa shape index (κ2) is 5.62. The molecule has 1 aromatic carbocycles. The zero-order valence-corrected chi connectivity index (χ0v) is 10.9. The van der Waals surface area contributed by atoms with Crippen LogP contribution in [0.3, 0.4) is 0 Å². The summed E-state index contributed by atoms with van der Waals surface area (Å²) in [6, 6.07) is 7.81. The van der Waals surface area contributed by atoms with Gasteiger partial charge in [-0.05, 0) is 24.3 Å². The summed E-state index contributed by atoms with van der Waals surface area (Å²) >= 11 is 0. The van der Waals surface area contributed by atoms with Crippen molar-refractivity contribution in [2.75, 3.05) is 30.9 Å². The standard InChI is InChI=1S/C13H17N3O3/c1-16(2)10-5-3-9(4-6-10)14-7-11(17)12-8-15-13(18)19-12/h3-6,8,11,14,17H,7H2,1-2H3,(H,15,18). The van der Waals surface area contributed by atoms with Crippen LogP contribution in [0.2, 0.25) is 0 Å². The molecule has 0 aliphatic rings. The Hall–Kier alpha value is -2.21. The first-order valence-electron chi connectivity index (χ1n) is 5.94. The minimum absolute atomic E-state index is 0.224. The minimum atomic E-state index is -0.868. The highest BCUT2D eigenvalue weighted by atomic mass is 16.4. The lowest BCUT2D eigenvalue weighted by Crippen LogP contribution is -2.12. The van der Waals surface area contributed by atoms with Gasteiger partial charge in [0.15, 0.2) is 5.76 Å². The number of nitrogens with one attached hydrogen (secondary N) is 2. The molecule has 1 heterocycles. The first kappa shape index (κ1) is 13.2. The highest BCUT2D eigenvalue weighted by molar-refractivity contribution is 5.54. The molecule has 102 valence electrons. The van der Waals surface area contributed by atoms with Gasteiger partial charge in [0, 0.05) is 38.2 Å². The molecule has 1 atom stereocenters. The van der Waals surface area contributed by atoms with Crippen molar-refractivity contribution in [3.8, 4) is 0 Å². The number of hydrogen-bond acceptors (Lipinski definition) is 5. The zero-order chi connectivity index (χ0) is 13.8. The van der Waals surface area contributed by atoms with Crippen LogP contribution >= 0.6 is 0 Å². The van der Waals surface area contributed by atoms with Crippen molar-refractivity contribution in [1.82, 2.24) is 4.98 Å². The number of nitrogens with zero attached hydrogens (tertiary/aromatic N) is 1. The third kappa shape index (κ3) is 3.38. The lowest BCUT2D eigenvalue weighted by molar-refractivity contribution is 0.160. The first-order valence-corrected chi connectivity index (χ1v) is 5.94. The molecule has 6 heteroatoms. The Morgan fingerprint density at radius 3 is 2.58 bits per heavy atom. The van der Waals surface area contributed by atoms with Crippen LogP contribution in [-0.4, -0.2) is 30.7 Å². The molecule has 0 amide bonds. The van der Waals surface area contributed by atoms with Gasteiger partial charge in [-0.25, -0.2) is 4.79 Å². The molecule has 2 aromatic rings. The van der Waals surface area contributed by atoms with E-state index in [4.69, 9.17) is 4.42 Å². The first-order chi connectivity index (χ1) is 9.06. The number of H-pyrrole nitrogens is 1. The number of hydrogen-bond donors (Lipinski definition) is 3. The Balaban J connectivity index is 1.93. The Morgan fingerprint density at radius 2 is 2.05 bits per heavy atom. The fraction of sp³-hybridized carbons (Fsp3) is 0.308. The number of aliphatic hydroxyl groups is 1. The zero-order valence-electron chi connectivity index (χ0n) is 10.9. The van der Waals surface area contributed by atoms with Gasteiger partial charge in [0.05, 0.1) is 0 Å². The van der Waals surface area contributed by atoms with Crippen molar-refractivity contribution < 1.29 is 9.52 Å². The van der Waals surface area contributed by atoms with Crippen LogP contribution in [0.5, 0.6) is 0 Å². The average molecular weight is 263 g/mol. The van der Waals surface area contributed by atoms with E-state index >= 15 is 0 Å². The van der Waals surface area contributed by atoms with Crippen LogP contribution in [0.4, 0.5) is 11.4 Å². The monoisotopic (exact) mass is 263 g/mol. The molecule has 1 unspecified atom stereocenters. The topological polar surface area (TPSA) is 81.5 Å². The molecule has 2 rings (SSSR count). The molecule has 0 spiro atoms. The SMILES string of the molecule is CN(C)c1ccc(NCC(O)c2c[nH]c(=O)o2)cc1. The molecule has 0 aliphatic carbocycles. The third-order valence-electron chi connectivity index (χ3n) is 2.75. The van der Waals surface area contributed by atoms with Crippen molar-refractivity contribution >= 4 is 11.4 Å². The highest BCUT2D eigenvalue weighted by Gasteiger charge is 2.11. The van der Waals surface area contributed by atoms with Crippen molar-refractivity contribution in [1.29, 1.82) is 0 Å². The summed E-state index contributed by atoms with van der Waals surface area (Å²) in [5, 5.41) is 12.9. The quantitative estimate of drug-likeness (QED) is 0.754. The lowest BCUT2D eigenvalue weighted by atomic mass is 10.2. The molecule has 6 nitrogen and oxygen atoms in total. The summed E-state index contributed by atoms with van der Waals surface area (Å²) < 4.78 is 4.78. The average Bonchev–Trinajstić information content (AvgIpc) is 2.83. The lowest BCUT2D eigenvalue weighted by Gasteiger charge is -2.14. The molecule has 0 aliphatic heterocycles. The van der Waals surface area contributed by atoms with Gasteiger partial charge in [0.25, 0.3) is 0 Å². The van der Waals surface area contributed by atoms with Crippen LogP contribution in [-0.2, 0) is 0 Å². The van der Waals surface area contributed by atoms with Gasteiger partial charge < -0.3 is 19.7 Å². The fourth-order valence-corrected chi connectivity index (χ4v) is 1.65. The predicted octanol–water partition coefficient (Wildman–Crippen LogP) is 1.18. The predicted molar refractivity (Wildman–Crippen MR) is 73.5 cm³/mol. The number of anilines is 2.